The van der Waals surface area contributed by atoms with Crippen molar-refractivity contribution in [1.82, 2.24) is 0 Å². The van der Waals surface area contributed by atoms with Crippen LogP contribution in [0.15, 0.2) is 0 Å². The van der Waals surface area contributed by atoms with Crippen molar-refractivity contribution in [3.63, 3.8) is 0 Å². The summed E-state index contributed by atoms with van der Waals surface area (Å²) in [5.41, 5.74) is 0. The molecule has 0 radical (unpaired) electrons. The summed E-state index contributed by atoms with van der Waals surface area (Å²) in [6.45, 7) is 9.53. The summed E-state index contributed by atoms with van der Waals surface area (Å²) >= 11 is 0. The molecule has 0 N–H and O–H groups in total. The molecule has 0 aliphatic rings. The lowest BCUT2D eigenvalue weighted by Gasteiger charge is -2.35. The molecule has 0 heterocycles. The van der Waals surface area contributed by atoms with Gasteiger partial charge in [0.05, 0.1) is 11.6 Å². The van der Waals surface area contributed by atoms with Gasteiger partial charge in [-0.25, -0.2) is 0 Å². The van der Waals surface area contributed by atoms with E-state index in [2.05, 4.69) is 27.7 Å². The van der Waals surface area contributed by atoms with Gasteiger partial charge in [-0.2, -0.15) is 0 Å². The first-order valence-electron chi connectivity index (χ1n) is 10.2. The molecule has 3 heteroatoms. The number of esters is 1. The van der Waals surface area contributed by atoms with Gasteiger partial charge in [0.15, 0.2) is 0 Å². The highest BCUT2D eigenvalue weighted by Gasteiger charge is 2.40. The molecule has 0 saturated heterocycles. The molecule has 0 amide bonds. The molecular formula is C20H42O2Si. The number of carbonyl (C=O) groups is 1. The minimum absolute atomic E-state index is 0.117. The van der Waals surface area contributed by atoms with Crippen molar-refractivity contribution in [3.05, 3.63) is 0 Å². The van der Waals surface area contributed by atoms with E-state index in [0.29, 0.717) is 12.5 Å². The molecule has 1 unspecified atom stereocenters. The van der Waals surface area contributed by atoms with Gasteiger partial charge in [-0.3, -0.25) is 4.79 Å². The molecule has 0 aromatic carbocycles. The SMILES string of the molecule is CCCCCCCCOC(=O)C([SiH3])(CCC)C(CCC)CCC. The van der Waals surface area contributed by atoms with Crippen LogP contribution < -0.4 is 0 Å². The van der Waals surface area contributed by atoms with Gasteiger partial charge in [-0.05, 0) is 31.6 Å². The largest absolute Gasteiger partial charge is 0.466 e. The van der Waals surface area contributed by atoms with Crippen LogP contribution >= 0.6 is 0 Å². The summed E-state index contributed by atoms with van der Waals surface area (Å²) in [5.74, 6) is 0.646. The normalized spacial score (nSPS) is 14.1. The first kappa shape index (κ1) is 22.7. The average molecular weight is 343 g/mol. The van der Waals surface area contributed by atoms with Crippen molar-refractivity contribution in [2.45, 2.75) is 110 Å². The summed E-state index contributed by atoms with van der Waals surface area (Å²) in [6.07, 6.45) is 14.2. The number of rotatable bonds is 15. The highest BCUT2D eigenvalue weighted by molar-refractivity contribution is 6.27. The molecule has 0 aliphatic heterocycles. The first-order chi connectivity index (χ1) is 11.1. The molecule has 0 aromatic heterocycles. The van der Waals surface area contributed by atoms with Gasteiger partial charge in [0.25, 0.3) is 0 Å². The maximum absolute atomic E-state index is 12.8. The van der Waals surface area contributed by atoms with Gasteiger partial charge in [0.1, 0.15) is 0 Å². The Morgan fingerprint density at radius 3 is 1.96 bits per heavy atom. The zero-order chi connectivity index (χ0) is 17.6. The minimum atomic E-state index is -0.150. The van der Waals surface area contributed by atoms with Crippen molar-refractivity contribution < 1.29 is 9.53 Å². The maximum atomic E-state index is 12.8. The van der Waals surface area contributed by atoms with Crippen LogP contribution in [-0.4, -0.2) is 22.8 Å². The Bertz CT molecular complexity index is 287. The van der Waals surface area contributed by atoms with Crippen LogP contribution in [0.5, 0.6) is 0 Å². The number of carbonyl (C=O) groups excluding carboxylic acids is 1. The number of unbranched alkanes of at least 4 members (excludes halogenated alkanes) is 5. The van der Waals surface area contributed by atoms with Crippen LogP contribution in [0.2, 0.25) is 5.04 Å². The van der Waals surface area contributed by atoms with Gasteiger partial charge in [0, 0.05) is 10.2 Å². The number of hydrogen-bond donors (Lipinski definition) is 0. The molecule has 0 spiro atoms. The lowest BCUT2D eigenvalue weighted by molar-refractivity contribution is -0.150. The fourth-order valence-electron chi connectivity index (χ4n) is 3.68. The Labute approximate surface area is 148 Å². The van der Waals surface area contributed by atoms with Crippen molar-refractivity contribution in [1.29, 1.82) is 0 Å². The average Bonchev–Trinajstić information content (AvgIpc) is 2.53. The monoisotopic (exact) mass is 342 g/mol. The van der Waals surface area contributed by atoms with Crippen LogP contribution in [-0.2, 0) is 9.53 Å². The molecule has 2 nitrogen and oxygen atoms in total. The molecule has 0 rings (SSSR count). The number of hydrogen-bond acceptors (Lipinski definition) is 2. The third kappa shape index (κ3) is 8.93. The molecule has 23 heavy (non-hydrogen) atoms. The lowest BCUT2D eigenvalue weighted by Crippen LogP contribution is -2.34. The minimum Gasteiger partial charge on any atom is -0.466 e. The summed E-state index contributed by atoms with van der Waals surface area (Å²) < 4.78 is 5.74. The molecule has 0 bridgehead atoms. The third-order valence-electron chi connectivity index (χ3n) is 5.14. The molecule has 0 saturated carbocycles. The van der Waals surface area contributed by atoms with Crippen molar-refractivity contribution in [2.24, 2.45) is 5.92 Å². The second-order valence-corrected chi connectivity index (χ2v) is 9.13. The Morgan fingerprint density at radius 1 is 0.870 bits per heavy atom. The molecule has 138 valence electrons. The van der Waals surface area contributed by atoms with E-state index in [1.165, 1.54) is 57.8 Å². The summed E-state index contributed by atoms with van der Waals surface area (Å²) in [7, 11) is 0.920. The zero-order valence-electron chi connectivity index (χ0n) is 16.6. The molecular weight excluding hydrogens is 300 g/mol. The highest BCUT2D eigenvalue weighted by Crippen LogP contribution is 2.43. The summed E-state index contributed by atoms with van der Waals surface area (Å²) in [4.78, 5) is 12.8. The second kappa shape index (κ2) is 14.1. The highest BCUT2D eigenvalue weighted by atomic mass is 28.1. The predicted molar refractivity (Wildman–Crippen MR) is 105 cm³/mol. The molecule has 0 fully saturated rings. The smallest absolute Gasteiger partial charge is 0.308 e. The van der Waals surface area contributed by atoms with E-state index in [0.717, 1.165) is 29.5 Å². The van der Waals surface area contributed by atoms with Gasteiger partial charge >= 0.3 is 5.97 Å². The van der Waals surface area contributed by atoms with E-state index >= 15 is 0 Å². The van der Waals surface area contributed by atoms with Crippen molar-refractivity contribution >= 4 is 16.2 Å². The topological polar surface area (TPSA) is 26.3 Å². The van der Waals surface area contributed by atoms with Crippen LogP contribution in [0.1, 0.15) is 105 Å². The Morgan fingerprint density at radius 2 is 1.43 bits per heavy atom. The fraction of sp³-hybridized carbons (Fsp3) is 0.950. The van der Waals surface area contributed by atoms with Crippen LogP contribution in [0, 0.1) is 5.92 Å². The fourth-order valence-corrected chi connectivity index (χ4v) is 4.90. The van der Waals surface area contributed by atoms with Crippen LogP contribution in [0.3, 0.4) is 0 Å². The van der Waals surface area contributed by atoms with Crippen LogP contribution in [0.25, 0.3) is 0 Å². The van der Waals surface area contributed by atoms with Crippen molar-refractivity contribution in [3.8, 4) is 0 Å². The Balaban J connectivity index is 4.41. The Kier molecular flexibility index (Phi) is 13.9. The second-order valence-electron chi connectivity index (χ2n) is 7.35. The van der Waals surface area contributed by atoms with Crippen molar-refractivity contribution in [2.75, 3.05) is 6.61 Å². The van der Waals surface area contributed by atoms with E-state index in [4.69, 9.17) is 4.74 Å². The van der Waals surface area contributed by atoms with Gasteiger partial charge < -0.3 is 4.74 Å². The van der Waals surface area contributed by atoms with Gasteiger partial charge in [-0.15, -0.1) is 0 Å². The third-order valence-corrected chi connectivity index (χ3v) is 6.87. The lowest BCUT2D eigenvalue weighted by atomic mass is 9.81. The molecule has 0 aromatic rings. The van der Waals surface area contributed by atoms with Gasteiger partial charge in [-0.1, -0.05) is 79.1 Å². The molecule has 1 atom stereocenters. The molecule has 0 aliphatic carbocycles. The number of ether oxygens (including phenoxy) is 1. The predicted octanol–water partition coefficient (Wildman–Crippen LogP) is 5.43. The first-order valence-corrected chi connectivity index (χ1v) is 11.2. The standard InChI is InChI=1S/C20H42O2Si/c1-5-9-10-11-12-13-17-22-19(21)20(23,16-8-4)18(14-6-2)15-7-3/h18H,5-17H2,1-4,23H3. The van der Waals surface area contributed by atoms with E-state index in [1.54, 1.807) is 0 Å². The van der Waals surface area contributed by atoms with Gasteiger partial charge in [0.2, 0.25) is 0 Å². The summed E-state index contributed by atoms with van der Waals surface area (Å²) in [6, 6.07) is 0. The quantitative estimate of drug-likeness (QED) is 0.225. The Hall–Kier alpha value is -0.313. The van der Waals surface area contributed by atoms with E-state index in [1.807, 2.05) is 0 Å². The van der Waals surface area contributed by atoms with Crippen LogP contribution in [0.4, 0.5) is 0 Å². The van der Waals surface area contributed by atoms with E-state index in [-0.39, 0.29) is 11.0 Å². The zero-order valence-corrected chi connectivity index (χ0v) is 18.6. The summed E-state index contributed by atoms with van der Waals surface area (Å²) in [5, 5.41) is -0.150. The maximum Gasteiger partial charge on any atom is 0.308 e. The van der Waals surface area contributed by atoms with E-state index in [9.17, 15) is 4.79 Å². The van der Waals surface area contributed by atoms with E-state index < -0.39 is 0 Å².